The monoisotopic (exact) mass is 329 g/mol. The van der Waals surface area contributed by atoms with E-state index in [0.717, 1.165) is 5.56 Å². The number of cyclic esters (lactones) is 1. The van der Waals surface area contributed by atoms with E-state index in [2.05, 4.69) is 6.58 Å². The van der Waals surface area contributed by atoms with Gasteiger partial charge in [-0.3, -0.25) is 10.1 Å². The fourth-order valence-corrected chi connectivity index (χ4v) is 2.79. The van der Waals surface area contributed by atoms with Crippen LogP contribution in [-0.4, -0.2) is 10.9 Å². The molecule has 3 rings (SSSR count). The van der Waals surface area contributed by atoms with E-state index in [9.17, 15) is 14.9 Å². The Morgan fingerprint density at radius 2 is 1.61 bits per heavy atom. The number of non-ortho nitro benzene ring substituents is 1. The van der Waals surface area contributed by atoms with E-state index >= 15 is 0 Å². The molecule has 1 heterocycles. The van der Waals surface area contributed by atoms with Crippen molar-refractivity contribution in [2.75, 3.05) is 0 Å². The molecule has 0 N–H and O–H groups in total. The lowest BCUT2D eigenvalue weighted by Gasteiger charge is -2.18. The maximum atomic E-state index is 11.9. The van der Waals surface area contributed by atoms with E-state index in [-0.39, 0.29) is 11.6 Å². The number of hydrogen-bond donors (Lipinski definition) is 0. The highest BCUT2D eigenvalue weighted by molar-refractivity contribution is 6.30. The summed E-state index contributed by atoms with van der Waals surface area (Å²) < 4.78 is 5.42. The molecule has 1 fully saturated rings. The Labute approximate surface area is 137 Å². The molecule has 2 atom stereocenters. The van der Waals surface area contributed by atoms with Gasteiger partial charge in [-0.2, -0.15) is 0 Å². The molecule has 0 saturated carbocycles. The average molecular weight is 330 g/mol. The molecule has 1 saturated heterocycles. The van der Waals surface area contributed by atoms with Crippen molar-refractivity contribution in [1.29, 1.82) is 0 Å². The van der Waals surface area contributed by atoms with Gasteiger partial charge >= 0.3 is 5.97 Å². The zero-order chi connectivity index (χ0) is 16.6. The van der Waals surface area contributed by atoms with E-state index in [4.69, 9.17) is 16.3 Å². The molecule has 0 spiro atoms. The molecule has 0 bridgehead atoms. The van der Waals surface area contributed by atoms with Gasteiger partial charge in [-0.15, -0.1) is 0 Å². The van der Waals surface area contributed by atoms with Crippen molar-refractivity contribution in [2.45, 2.75) is 12.0 Å². The topological polar surface area (TPSA) is 69.4 Å². The predicted octanol–water partition coefficient (Wildman–Crippen LogP) is 4.19. The fourth-order valence-electron chi connectivity index (χ4n) is 2.66. The summed E-state index contributed by atoms with van der Waals surface area (Å²) in [5.74, 6) is -0.811. The van der Waals surface area contributed by atoms with Crippen LogP contribution >= 0.6 is 11.6 Å². The molecule has 1 aliphatic heterocycles. The van der Waals surface area contributed by atoms with Gasteiger partial charge in [0.15, 0.2) is 0 Å². The molecule has 6 heteroatoms. The van der Waals surface area contributed by atoms with E-state index in [1.807, 2.05) is 12.1 Å². The maximum Gasteiger partial charge on any atom is 0.334 e. The summed E-state index contributed by atoms with van der Waals surface area (Å²) in [6, 6.07) is 13.1. The third-order valence-electron chi connectivity index (χ3n) is 3.84. The highest BCUT2D eigenvalue weighted by atomic mass is 35.5. The zero-order valence-electron chi connectivity index (χ0n) is 11.9. The van der Waals surface area contributed by atoms with Crippen molar-refractivity contribution in [3.8, 4) is 0 Å². The zero-order valence-corrected chi connectivity index (χ0v) is 12.7. The van der Waals surface area contributed by atoms with Crippen LogP contribution in [0.2, 0.25) is 5.02 Å². The van der Waals surface area contributed by atoms with Gasteiger partial charge in [-0.25, -0.2) is 4.79 Å². The molecule has 0 aliphatic carbocycles. The van der Waals surface area contributed by atoms with Crippen molar-refractivity contribution in [1.82, 2.24) is 0 Å². The maximum absolute atomic E-state index is 11.9. The lowest BCUT2D eigenvalue weighted by Crippen LogP contribution is -2.07. The van der Waals surface area contributed by atoms with E-state index < -0.39 is 17.0 Å². The lowest BCUT2D eigenvalue weighted by atomic mass is 9.86. The third kappa shape index (κ3) is 2.83. The second-order valence-corrected chi connectivity index (χ2v) is 5.67. The Morgan fingerprint density at radius 3 is 2.17 bits per heavy atom. The number of rotatable bonds is 3. The van der Waals surface area contributed by atoms with Crippen LogP contribution < -0.4 is 0 Å². The highest BCUT2D eigenvalue weighted by Crippen LogP contribution is 2.45. The molecular formula is C17H12ClNO4. The number of benzene rings is 2. The third-order valence-corrected chi connectivity index (χ3v) is 4.09. The second kappa shape index (κ2) is 5.85. The molecule has 0 radical (unpaired) electrons. The van der Waals surface area contributed by atoms with Crippen LogP contribution in [0.4, 0.5) is 5.69 Å². The summed E-state index contributed by atoms with van der Waals surface area (Å²) in [6.07, 6.45) is -0.558. The summed E-state index contributed by atoms with van der Waals surface area (Å²) in [7, 11) is 0. The molecule has 23 heavy (non-hydrogen) atoms. The molecule has 116 valence electrons. The minimum atomic E-state index is -0.558. The summed E-state index contributed by atoms with van der Waals surface area (Å²) in [5, 5.41) is 11.3. The smallest absolute Gasteiger partial charge is 0.334 e. The summed E-state index contributed by atoms with van der Waals surface area (Å²) in [6.45, 7) is 3.82. The molecular weight excluding hydrogens is 318 g/mol. The van der Waals surface area contributed by atoms with Crippen molar-refractivity contribution < 1.29 is 14.5 Å². The van der Waals surface area contributed by atoms with Crippen LogP contribution in [0.15, 0.2) is 60.7 Å². The Balaban J connectivity index is 1.98. The van der Waals surface area contributed by atoms with Crippen molar-refractivity contribution in [3.63, 3.8) is 0 Å². The van der Waals surface area contributed by atoms with E-state index in [1.165, 1.54) is 12.1 Å². The Kier molecular flexibility index (Phi) is 3.88. The summed E-state index contributed by atoms with van der Waals surface area (Å²) in [5.41, 5.74) is 1.88. The highest BCUT2D eigenvalue weighted by Gasteiger charge is 2.40. The quantitative estimate of drug-likeness (QED) is 0.366. The van der Waals surface area contributed by atoms with Crippen LogP contribution in [0.1, 0.15) is 23.1 Å². The van der Waals surface area contributed by atoms with Crippen LogP contribution in [-0.2, 0) is 9.53 Å². The van der Waals surface area contributed by atoms with Crippen LogP contribution in [0.5, 0.6) is 0 Å². The first-order chi connectivity index (χ1) is 11.0. The first kappa shape index (κ1) is 15.2. The van der Waals surface area contributed by atoms with E-state index in [0.29, 0.717) is 16.2 Å². The number of nitrogens with zero attached hydrogens (tertiary/aromatic N) is 1. The first-order valence-corrected chi connectivity index (χ1v) is 7.25. The standard InChI is InChI=1S/C17H12ClNO4/c1-10-15(11-2-6-13(18)7-3-11)16(23-17(10)20)12-4-8-14(9-5-12)19(21)22/h2-9,15-16H,1H2/t15-,16-/m1/s1. The molecule has 2 aromatic carbocycles. The number of nitro benzene ring substituents is 1. The normalized spacial score (nSPS) is 20.4. The second-order valence-electron chi connectivity index (χ2n) is 5.23. The Bertz CT molecular complexity index is 783. The SMILES string of the molecule is C=C1C(=O)O[C@H](c2ccc([N+](=O)[O-])cc2)[C@H]1c1ccc(Cl)cc1. The van der Waals surface area contributed by atoms with Gasteiger partial charge in [0.25, 0.3) is 5.69 Å². The van der Waals surface area contributed by atoms with Gasteiger partial charge in [-0.05, 0) is 35.4 Å². The molecule has 1 aliphatic rings. The van der Waals surface area contributed by atoms with Crippen LogP contribution in [0, 0.1) is 10.1 Å². The van der Waals surface area contributed by atoms with Gasteiger partial charge in [0.05, 0.1) is 10.8 Å². The number of esters is 1. The van der Waals surface area contributed by atoms with Gasteiger partial charge in [-0.1, -0.05) is 30.3 Å². The van der Waals surface area contributed by atoms with Gasteiger partial charge in [0, 0.05) is 22.7 Å². The van der Waals surface area contributed by atoms with Gasteiger partial charge in [0.1, 0.15) is 6.10 Å². The van der Waals surface area contributed by atoms with Crippen molar-refractivity contribution >= 4 is 23.3 Å². The van der Waals surface area contributed by atoms with Gasteiger partial charge < -0.3 is 4.74 Å². The Hall–Kier alpha value is -2.66. The largest absolute Gasteiger partial charge is 0.453 e. The Morgan fingerprint density at radius 1 is 1.04 bits per heavy atom. The van der Waals surface area contributed by atoms with E-state index in [1.54, 1.807) is 24.3 Å². The minimum absolute atomic E-state index is 0.0139. The minimum Gasteiger partial charge on any atom is -0.453 e. The van der Waals surface area contributed by atoms with Crippen molar-refractivity contribution in [3.05, 3.63) is 86.9 Å². The summed E-state index contributed by atoms with van der Waals surface area (Å²) >= 11 is 5.90. The number of nitro groups is 1. The van der Waals surface area contributed by atoms with Crippen molar-refractivity contribution in [2.24, 2.45) is 0 Å². The van der Waals surface area contributed by atoms with Crippen LogP contribution in [0.3, 0.4) is 0 Å². The number of halogens is 1. The number of carbonyl (C=O) groups excluding carboxylic acids is 1. The van der Waals surface area contributed by atoms with Gasteiger partial charge in [0.2, 0.25) is 0 Å². The number of ether oxygens (including phenoxy) is 1. The van der Waals surface area contributed by atoms with Crippen LogP contribution in [0.25, 0.3) is 0 Å². The molecule has 0 unspecified atom stereocenters. The predicted molar refractivity (Wildman–Crippen MR) is 85.3 cm³/mol. The molecule has 0 amide bonds. The number of hydrogen-bond acceptors (Lipinski definition) is 4. The number of carbonyl (C=O) groups is 1. The lowest BCUT2D eigenvalue weighted by molar-refractivity contribution is -0.384. The first-order valence-electron chi connectivity index (χ1n) is 6.87. The summed E-state index contributed by atoms with van der Waals surface area (Å²) in [4.78, 5) is 22.2. The molecule has 0 aromatic heterocycles. The molecule has 2 aromatic rings. The average Bonchev–Trinajstić information content (AvgIpc) is 2.84. The fraction of sp³-hybridized carbons (Fsp3) is 0.118. The molecule has 5 nitrogen and oxygen atoms in total.